The quantitative estimate of drug-likeness (QED) is 0.897. The average molecular weight is 303 g/mol. The van der Waals surface area contributed by atoms with Crippen molar-refractivity contribution in [3.05, 3.63) is 35.4 Å². The number of ether oxygens (including phenoxy) is 1. The highest BCUT2D eigenvalue weighted by Gasteiger charge is 2.26. The lowest BCUT2D eigenvalue weighted by molar-refractivity contribution is 0.0831. The van der Waals surface area contributed by atoms with Gasteiger partial charge in [0.25, 0.3) is 5.91 Å². The lowest BCUT2D eigenvalue weighted by atomic mass is 9.93. The number of amides is 1. The first-order valence-corrected chi connectivity index (χ1v) is 7.56. The molecule has 2 aromatic rings. The first-order chi connectivity index (χ1) is 10.6. The molecule has 1 saturated heterocycles. The van der Waals surface area contributed by atoms with Gasteiger partial charge < -0.3 is 10.1 Å². The van der Waals surface area contributed by atoms with Crippen LogP contribution < -0.4 is 5.32 Å². The third-order valence-electron chi connectivity index (χ3n) is 4.08. The van der Waals surface area contributed by atoms with Crippen LogP contribution in [0.5, 0.6) is 0 Å². The zero-order valence-corrected chi connectivity index (χ0v) is 12.9. The summed E-state index contributed by atoms with van der Waals surface area (Å²) in [6.07, 6.45) is 7.12. The van der Waals surface area contributed by atoms with E-state index in [0.29, 0.717) is 11.5 Å². The molecule has 1 atom stereocenters. The van der Waals surface area contributed by atoms with Crippen LogP contribution in [0.25, 0.3) is 0 Å². The molecular weight excluding hydrogens is 282 g/mol. The van der Waals surface area contributed by atoms with Crippen molar-refractivity contribution in [1.29, 1.82) is 0 Å². The van der Waals surface area contributed by atoms with Gasteiger partial charge in [0.1, 0.15) is 0 Å². The van der Waals surface area contributed by atoms with E-state index in [1.807, 2.05) is 14.0 Å². The Morgan fingerprint density at radius 1 is 1.50 bits per heavy atom. The fourth-order valence-corrected chi connectivity index (χ4v) is 2.81. The topological polar surface area (TPSA) is 84.8 Å². The molecule has 0 radical (unpaired) electrons. The Kier molecular flexibility index (Phi) is 4.24. The van der Waals surface area contributed by atoms with Crippen molar-refractivity contribution in [1.82, 2.24) is 25.3 Å². The molecule has 1 unspecified atom stereocenters. The molecular formula is C15H21N5O2. The zero-order chi connectivity index (χ0) is 15.5. The van der Waals surface area contributed by atoms with Gasteiger partial charge in [-0.25, -0.2) is 0 Å². The third-order valence-corrected chi connectivity index (χ3v) is 4.08. The number of hydrogen-bond acceptors (Lipinski definition) is 4. The van der Waals surface area contributed by atoms with Crippen molar-refractivity contribution in [2.75, 3.05) is 13.2 Å². The molecule has 0 aliphatic carbocycles. The summed E-state index contributed by atoms with van der Waals surface area (Å²) in [6, 6.07) is -0.103. The van der Waals surface area contributed by atoms with Gasteiger partial charge in [0.2, 0.25) is 0 Å². The minimum absolute atomic E-state index is 0.0942. The van der Waals surface area contributed by atoms with Crippen LogP contribution >= 0.6 is 0 Å². The van der Waals surface area contributed by atoms with E-state index in [0.717, 1.165) is 37.3 Å². The molecule has 7 heteroatoms. The van der Waals surface area contributed by atoms with Gasteiger partial charge in [-0.3, -0.25) is 14.6 Å². The minimum Gasteiger partial charge on any atom is -0.381 e. The van der Waals surface area contributed by atoms with Crippen LogP contribution in [0.3, 0.4) is 0 Å². The van der Waals surface area contributed by atoms with Gasteiger partial charge in [-0.15, -0.1) is 0 Å². The number of aromatic amines is 1. The van der Waals surface area contributed by atoms with Gasteiger partial charge in [0.05, 0.1) is 23.5 Å². The maximum Gasteiger partial charge on any atom is 0.255 e. The lowest BCUT2D eigenvalue weighted by Crippen LogP contribution is -2.28. The van der Waals surface area contributed by atoms with Crippen molar-refractivity contribution in [3.63, 3.8) is 0 Å². The van der Waals surface area contributed by atoms with Gasteiger partial charge in [-0.2, -0.15) is 10.2 Å². The Balaban J connectivity index is 1.77. The van der Waals surface area contributed by atoms with Crippen LogP contribution in [0.15, 0.2) is 18.6 Å². The van der Waals surface area contributed by atoms with Crippen LogP contribution in [0.2, 0.25) is 0 Å². The molecule has 1 amide bonds. The standard InChI is InChI=1S/C15H21N5O2/c1-10(12-7-16-17-8-12)18-15(21)13-9-20(2)19-14(13)11-3-5-22-6-4-11/h7-11H,3-6H2,1-2H3,(H,16,17)(H,18,21). The summed E-state index contributed by atoms with van der Waals surface area (Å²) in [7, 11) is 1.85. The first-order valence-electron chi connectivity index (χ1n) is 7.56. The fraction of sp³-hybridized carbons (Fsp3) is 0.533. The lowest BCUT2D eigenvalue weighted by Gasteiger charge is -2.21. The van der Waals surface area contributed by atoms with Crippen molar-refractivity contribution in [2.24, 2.45) is 7.05 Å². The largest absolute Gasteiger partial charge is 0.381 e. The summed E-state index contributed by atoms with van der Waals surface area (Å²) in [6.45, 7) is 3.40. The summed E-state index contributed by atoms with van der Waals surface area (Å²) in [5.74, 6) is 0.197. The van der Waals surface area contributed by atoms with Crippen LogP contribution in [-0.2, 0) is 11.8 Å². The number of aryl methyl sites for hydroxylation is 1. The number of carbonyl (C=O) groups excluding carboxylic acids is 1. The number of hydrogen-bond donors (Lipinski definition) is 2. The Morgan fingerprint density at radius 3 is 2.95 bits per heavy atom. The molecule has 118 valence electrons. The van der Waals surface area contributed by atoms with Crippen molar-refractivity contribution < 1.29 is 9.53 Å². The average Bonchev–Trinajstić information content (AvgIpc) is 3.17. The van der Waals surface area contributed by atoms with Crippen molar-refractivity contribution in [2.45, 2.75) is 31.7 Å². The molecule has 22 heavy (non-hydrogen) atoms. The molecule has 0 saturated carbocycles. The van der Waals surface area contributed by atoms with Crippen LogP contribution in [0.1, 0.15) is 53.3 Å². The molecule has 1 fully saturated rings. The molecule has 0 aromatic carbocycles. The Morgan fingerprint density at radius 2 is 2.27 bits per heavy atom. The molecule has 2 aromatic heterocycles. The number of carbonyl (C=O) groups is 1. The van der Waals surface area contributed by atoms with Gasteiger partial charge in [0, 0.05) is 44.1 Å². The van der Waals surface area contributed by atoms with E-state index in [9.17, 15) is 4.79 Å². The number of nitrogens with one attached hydrogen (secondary N) is 2. The Hall–Kier alpha value is -2.15. The van der Waals surface area contributed by atoms with Crippen molar-refractivity contribution >= 4 is 5.91 Å². The van der Waals surface area contributed by atoms with E-state index in [4.69, 9.17) is 4.74 Å². The third kappa shape index (κ3) is 3.04. The molecule has 1 aliphatic heterocycles. The molecule has 1 aliphatic rings. The zero-order valence-electron chi connectivity index (χ0n) is 12.9. The summed E-state index contributed by atoms with van der Waals surface area (Å²) in [5, 5.41) is 14.2. The predicted octanol–water partition coefficient (Wildman–Crippen LogP) is 1.53. The summed E-state index contributed by atoms with van der Waals surface area (Å²) in [4.78, 5) is 12.6. The first kappa shape index (κ1) is 14.8. The second-order valence-electron chi connectivity index (χ2n) is 5.72. The molecule has 2 N–H and O–H groups in total. The number of aromatic nitrogens is 4. The maximum atomic E-state index is 12.6. The monoisotopic (exact) mass is 303 g/mol. The molecule has 3 rings (SSSR count). The van der Waals surface area contributed by atoms with Crippen molar-refractivity contribution in [3.8, 4) is 0 Å². The summed E-state index contributed by atoms with van der Waals surface area (Å²) in [5.41, 5.74) is 2.48. The summed E-state index contributed by atoms with van der Waals surface area (Å²) >= 11 is 0. The van der Waals surface area contributed by atoms with Gasteiger partial charge in [-0.1, -0.05) is 0 Å². The van der Waals surface area contributed by atoms with Crippen LogP contribution in [0, 0.1) is 0 Å². The maximum absolute atomic E-state index is 12.6. The van der Waals surface area contributed by atoms with E-state index in [2.05, 4.69) is 20.6 Å². The molecule has 7 nitrogen and oxygen atoms in total. The van der Waals surface area contributed by atoms with E-state index in [-0.39, 0.29) is 11.9 Å². The smallest absolute Gasteiger partial charge is 0.255 e. The highest BCUT2D eigenvalue weighted by Crippen LogP contribution is 2.28. The normalized spacial score (nSPS) is 17.4. The number of rotatable bonds is 4. The van der Waals surface area contributed by atoms with E-state index >= 15 is 0 Å². The number of nitrogens with zero attached hydrogens (tertiary/aromatic N) is 3. The van der Waals surface area contributed by atoms with Gasteiger partial charge in [-0.05, 0) is 19.8 Å². The van der Waals surface area contributed by atoms with Crippen LogP contribution in [-0.4, -0.2) is 39.1 Å². The minimum atomic E-state index is -0.103. The van der Waals surface area contributed by atoms with Gasteiger partial charge in [0.15, 0.2) is 0 Å². The van der Waals surface area contributed by atoms with E-state index in [1.165, 1.54) is 0 Å². The Bertz CT molecular complexity index is 628. The molecule has 0 bridgehead atoms. The molecule has 3 heterocycles. The second kappa shape index (κ2) is 6.31. The van der Waals surface area contributed by atoms with Crippen LogP contribution in [0.4, 0.5) is 0 Å². The second-order valence-corrected chi connectivity index (χ2v) is 5.72. The predicted molar refractivity (Wildman–Crippen MR) is 80.5 cm³/mol. The van der Waals surface area contributed by atoms with Gasteiger partial charge >= 0.3 is 0 Å². The Labute approximate surface area is 129 Å². The number of H-pyrrole nitrogens is 1. The summed E-state index contributed by atoms with van der Waals surface area (Å²) < 4.78 is 7.11. The van der Waals surface area contributed by atoms with E-state index < -0.39 is 0 Å². The highest BCUT2D eigenvalue weighted by molar-refractivity contribution is 5.95. The highest BCUT2D eigenvalue weighted by atomic mass is 16.5. The molecule has 0 spiro atoms. The van der Waals surface area contributed by atoms with E-state index in [1.54, 1.807) is 23.3 Å². The SMILES string of the molecule is CC(NC(=O)c1cn(C)nc1C1CCOCC1)c1cn[nH]c1. The fourth-order valence-electron chi connectivity index (χ4n) is 2.81.